The number of allylic oxidation sites excluding steroid dienone is 5. The predicted octanol–water partition coefficient (Wildman–Crippen LogP) is 3.92. The molecule has 9 heteroatoms. The van der Waals surface area contributed by atoms with Gasteiger partial charge in [-0.3, -0.25) is 14.5 Å². The van der Waals surface area contributed by atoms with Crippen LogP contribution < -0.4 is 16.0 Å². The number of hydrogen-bond donors (Lipinski definition) is 2. The fourth-order valence-corrected chi connectivity index (χ4v) is 6.59. The Balaban J connectivity index is 1.31. The van der Waals surface area contributed by atoms with Crippen molar-refractivity contribution in [2.45, 2.75) is 31.2 Å². The van der Waals surface area contributed by atoms with Crippen molar-refractivity contribution in [1.29, 1.82) is 0 Å². The highest BCUT2D eigenvalue weighted by Crippen LogP contribution is 2.38. The van der Waals surface area contributed by atoms with Crippen molar-refractivity contribution in [2.75, 3.05) is 64.4 Å². The summed E-state index contributed by atoms with van der Waals surface area (Å²) in [5.41, 5.74) is 10.4. The third-order valence-electron chi connectivity index (χ3n) is 8.90. The van der Waals surface area contributed by atoms with E-state index < -0.39 is 12.0 Å². The number of piperazine rings is 1. The van der Waals surface area contributed by atoms with E-state index >= 15 is 0 Å². The number of ether oxygens (including phenoxy) is 1. The number of amides is 2. The average Bonchev–Trinajstić information content (AvgIpc) is 3.40. The summed E-state index contributed by atoms with van der Waals surface area (Å²) in [7, 11) is 1.61. The minimum atomic E-state index is -0.652. The Morgan fingerprint density at radius 2 is 1.82 bits per heavy atom. The van der Waals surface area contributed by atoms with Crippen molar-refractivity contribution in [3.63, 3.8) is 0 Å². The van der Waals surface area contributed by atoms with Crippen LogP contribution in [0.2, 0.25) is 0 Å². The molecular formula is C36H44FN5O3. The van der Waals surface area contributed by atoms with Crippen LogP contribution in [0.25, 0.3) is 0 Å². The molecule has 45 heavy (non-hydrogen) atoms. The van der Waals surface area contributed by atoms with Crippen molar-refractivity contribution >= 4 is 17.5 Å². The molecule has 0 radical (unpaired) electrons. The third-order valence-corrected chi connectivity index (χ3v) is 8.90. The zero-order valence-electron chi connectivity index (χ0n) is 26.0. The first-order valence-corrected chi connectivity index (χ1v) is 15.8. The number of methoxy groups -OCH3 is 1. The van der Waals surface area contributed by atoms with Gasteiger partial charge in [0.1, 0.15) is 5.82 Å². The zero-order valence-corrected chi connectivity index (χ0v) is 26.0. The van der Waals surface area contributed by atoms with E-state index in [0.717, 1.165) is 61.4 Å². The summed E-state index contributed by atoms with van der Waals surface area (Å²) in [4.78, 5) is 34.3. The molecule has 2 aromatic carbocycles. The van der Waals surface area contributed by atoms with Crippen LogP contribution in [0.15, 0.2) is 96.3 Å². The molecule has 0 bridgehead atoms. The molecule has 2 unspecified atom stereocenters. The highest BCUT2D eigenvalue weighted by atomic mass is 19.1. The number of rotatable bonds is 11. The number of anilines is 1. The summed E-state index contributed by atoms with van der Waals surface area (Å²) < 4.78 is 19.7. The van der Waals surface area contributed by atoms with Gasteiger partial charge in [-0.1, -0.05) is 66.8 Å². The number of hydrogen-bond acceptors (Lipinski definition) is 6. The predicted molar refractivity (Wildman–Crippen MR) is 176 cm³/mol. The minimum absolute atomic E-state index is 0.0611. The Hall–Kier alpha value is -4.21. The van der Waals surface area contributed by atoms with E-state index in [2.05, 4.69) is 21.2 Å². The number of nitrogens with two attached hydrogens (primary N) is 1. The van der Waals surface area contributed by atoms with Crippen LogP contribution in [0.1, 0.15) is 29.9 Å². The number of halogens is 1. The van der Waals surface area contributed by atoms with Crippen molar-refractivity contribution < 1.29 is 18.7 Å². The van der Waals surface area contributed by atoms with Crippen LogP contribution in [0.3, 0.4) is 0 Å². The second kappa shape index (κ2) is 15.7. The number of carbonyl (C=O) groups is 2. The van der Waals surface area contributed by atoms with Gasteiger partial charge < -0.3 is 25.6 Å². The van der Waals surface area contributed by atoms with Crippen molar-refractivity contribution in [1.82, 2.24) is 15.1 Å². The van der Waals surface area contributed by atoms with Crippen molar-refractivity contribution in [3.05, 3.63) is 113 Å². The average molecular weight is 614 g/mol. The van der Waals surface area contributed by atoms with E-state index in [9.17, 15) is 14.0 Å². The molecular weight excluding hydrogens is 569 g/mol. The van der Waals surface area contributed by atoms with Gasteiger partial charge in [0.15, 0.2) is 0 Å². The number of para-hydroxylation sites is 1. The Labute approximate surface area is 265 Å². The molecule has 1 aliphatic carbocycles. The van der Waals surface area contributed by atoms with Gasteiger partial charge >= 0.3 is 0 Å². The van der Waals surface area contributed by atoms with Crippen LogP contribution in [0.4, 0.5) is 10.1 Å². The smallest absolute Gasteiger partial charge is 0.230 e. The lowest BCUT2D eigenvalue weighted by Gasteiger charge is -2.37. The molecule has 2 aromatic rings. The normalized spacial score (nSPS) is 20.8. The maximum Gasteiger partial charge on any atom is 0.230 e. The number of carbonyl (C=O) groups excluding carboxylic acids is 2. The Morgan fingerprint density at radius 1 is 1.04 bits per heavy atom. The van der Waals surface area contributed by atoms with Gasteiger partial charge in [0.2, 0.25) is 11.8 Å². The SMILES string of the molecule is COCCN1C(=O)Cc2ccccc2C(C(=O)NCCCN2CCN(c3ccccc3F)CC2)C1/C(=C/N)C1=CC=CC=CC1. The van der Waals surface area contributed by atoms with E-state index in [1.165, 1.54) is 6.07 Å². The molecule has 0 spiro atoms. The molecule has 0 aromatic heterocycles. The number of nitrogens with zero attached hydrogens (tertiary/aromatic N) is 3. The summed E-state index contributed by atoms with van der Waals surface area (Å²) in [6.07, 6.45) is 13.1. The lowest BCUT2D eigenvalue weighted by Crippen LogP contribution is -2.50. The minimum Gasteiger partial charge on any atom is -0.404 e. The van der Waals surface area contributed by atoms with E-state index in [1.54, 1.807) is 24.3 Å². The summed E-state index contributed by atoms with van der Waals surface area (Å²) in [5, 5.41) is 3.21. The molecule has 238 valence electrons. The Kier molecular flexibility index (Phi) is 11.2. The maximum absolute atomic E-state index is 14.3. The van der Waals surface area contributed by atoms with Gasteiger partial charge in [-0.15, -0.1) is 0 Å². The van der Waals surface area contributed by atoms with Crippen LogP contribution >= 0.6 is 0 Å². The number of benzene rings is 2. The van der Waals surface area contributed by atoms with Crippen LogP contribution in [0.5, 0.6) is 0 Å². The van der Waals surface area contributed by atoms with E-state index in [4.69, 9.17) is 10.5 Å². The van der Waals surface area contributed by atoms with Gasteiger partial charge in [-0.25, -0.2) is 4.39 Å². The van der Waals surface area contributed by atoms with Gasteiger partial charge in [-0.05, 0) is 60.0 Å². The summed E-state index contributed by atoms with van der Waals surface area (Å²) in [6, 6.07) is 14.0. The standard InChI is InChI=1S/C36H44FN5O3/c1-45-24-23-42-33(43)25-28-13-6-7-14-29(28)34(35(42)30(26-38)27-11-4-2-3-5-12-27)36(44)39-17-10-18-40-19-21-41(22-20-40)32-16-9-8-15-31(32)37/h2-9,11,13-16,26,34-35H,10,12,17-25,38H2,1H3,(H,39,44)/b30-26+. The van der Waals surface area contributed by atoms with Crippen molar-refractivity contribution in [2.24, 2.45) is 5.73 Å². The van der Waals surface area contributed by atoms with Crippen LogP contribution in [0, 0.1) is 5.82 Å². The quantitative estimate of drug-likeness (QED) is 0.374. The third kappa shape index (κ3) is 7.72. The monoisotopic (exact) mass is 613 g/mol. The van der Waals surface area contributed by atoms with Gasteiger partial charge in [0.05, 0.1) is 30.7 Å². The highest BCUT2D eigenvalue weighted by Gasteiger charge is 2.42. The molecule has 8 nitrogen and oxygen atoms in total. The number of nitrogens with one attached hydrogen (secondary N) is 1. The zero-order chi connectivity index (χ0) is 31.6. The summed E-state index contributed by atoms with van der Waals surface area (Å²) in [6.45, 7) is 5.19. The lowest BCUT2D eigenvalue weighted by molar-refractivity contribution is -0.134. The molecule has 2 aliphatic heterocycles. The molecule has 1 fully saturated rings. The number of fused-ring (bicyclic) bond motifs is 1. The topological polar surface area (TPSA) is 91.1 Å². The first-order valence-electron chi connectivity index (χ1n) is 15.8. The fraction of sp³-hybridized carbons (Fsp3) is 0.389. The molecule has 3 N–H and O–H groups in total. The van der Waals surface area contributed by atoms with Gasteiger partial charge in [0, 0.05) is 46.4 Å². The molecule has 2 atom stereocenters. The maximum atomic E-state index is 14.3. The summed E-state index contributed by atoms with van der Waals surface area (Å²) >= 11 is 0. The Bertz CT molecular complexity index is 1460. The van der Waals surface area contributed by atoms with E-state index in [1.807, 2.05) is 60.7 Å². The van der Waals surface area contributed by atoms with Crippen LogP contribution in [-0.4, -0.2) is 87.2 Å². The Morgan fingerprint density at radius 3 is 2.60 bits per heavy atom. The van der Waals surface area contributed by atoms with Gasteiger partial charge in [0.25, 0.3) is 0 Å². The molecule has 2 amide bonds. The van der Waals surface area contributed by atoms with E-state index in [-0.39, 0.29) is 24.1 Å². The van der Waals surface area contributed by atoms with E-state index in [0.29, 0.717) is 31.8 Å². The molecule has 1 saturated heterocycles. The van der Waals surface area contributed by atoms with Crippen molar-refractivity contribution in [3.8, 4) is 0 Å². The highest BCUT2D eigenvalue weighted by molar-refractivity contribution is 5.90. The molecule has 2 heterocycles. The molecule has 5 rings (SSSR count). The second-order valence-corrected chi connectivity index (χ2v) is 11.6. The largest absolute Gasteiger partial charge is 0.404 e. The molecule has 3 aliphatic rings. The second-order valence-electron chi connectivity index (χ2n) is 11.6. The van der Waals surface area contributed by atoms with Gasteiger partial charge in [-0.2, -0.15) is 0 Å². The molecule has 0 saturated carbocycles. The lowest BCUT2D eigenvalue weighted by atomic mass is 9.81. The summed E-state index contributed by atoms with van der Waals surface area (Å²) in [5.74, 6) is -1.03. The first-order chi connectivity index (χ1) is 22.0. The van der Waals surface area contributed by atoms with Crippen LogP contribution in [-0.2, 0) is 20.7 Å². The fourth-order valence-electron chi connectivity index (χ4n) is 6.59. The first kappa shape index (κ1) is 32.2.